The van der Waals surface area contributed by atoms with E-state index in [2.05, 4.69) is 56.5 Å². The van der Waals surface area contributed by atoms with E-state index in [1.54, 1.807) is 0 Å². The van der Waals surface area contributed by atoms with Gasteiger partial charge in [0.1, 0.15) is 0 Å². The Labute approximate surface area is 104 Å². The highest BCUT2D eigenvalue weighted by molar-refractivity contribution is 5.82. The molecule has 0 aliphatic rings. The first kappa shape index (κ1) is 12.2. The van der Waals surface area contributed by atoms with Crippen LogP contribution in [0.2, 0.25) is 0 Å². The Morgan fingerprint density at radius 2 is 1.88 bits per heavy atom. The lowest BCUT2D eigenvalue weighted by Crippen LogP contribution is -2.41. The number of H-pyrrole nitrogens is 1. The lowest BCUT2D eigenvalue weighted by Gasteiger charge is -2.29. The van der Waals surface area contributed by atoms with Crippen LogP contribution in [0.5, 0.6) is 0 Å². The Bertz CT molecular complexity index is 482. The van der Waals surface area contributed by atoms with E-state index in [-0.39, 0.29) is 0 Å². The molecule has 0 unspecified atom stereocenters. The molecular weight excluding hydrogens is 208 g/mol. The van der Waals surface area contributed by atoms with E-state index in [0.717, 1.165) is 10.9 Å². The topological polar surface area (TPSA) is 15.8 Å². The minimum atomic E-state index is 1.11. The number of hydrogen-bond donors (Lipinski definition) is 1. The molecule has 1 aromatic heterocycles. The number of rotatable bonds is 5. The average molecular weight is 231 g/mol. The Hall–Kier alpha value is -1.28. The average Bonchev–Trinajstić information content (AvgIpc) is 2.70. The second kappa shape index (κ2) is 4.92. The van der Waals surface area contributed by atoms with Crippen molar-refractivity contribution in [3.8, 4) is 0 Å². The van der Waals surface area contributed by atoms with Gasteiger partial charge in [-0.25, -0.2) is 0 Å². The molecule has 0 aliphatic heterocycles. The molecule has 0 radical (unpaired) electrons. The molecule has 2 heteroatoms. The van der Waals surface area contributed by atoms with Crippen LogP contribution in [0.25, 0.3) is 10.9 Å². The molecule has 17 heavy (non-hydrogen) atoms. The van der Waals surface area contributed by atoms with Crippen LogP contribution >= 0.6 is 0 Å². The molecule has 1 aromatic carbocycles. The minimum Gasteiger partial charge on any atom is -0.361 e. The number of hydrogen-bond acceptors (Lipinski definition) is 0. The van der Waals surface area contributed by atoms with Gasteiger partial charge in [-0.05, 0) is 18.1 Å². The first-order chi connectivity index (χ1) is 8.12. The molecule has 0 bridgehead atoms. The van der Waals surface area contributed by atoms with Crippen molar-refractivity contribution in [2.75, 3.05) is 27.2 Å². The molecule has 2 nitrogen and oxygen atoms in total. The summed E-state index contributed by atoms with van der Waals surface area (Å²) in [4.78, 5) is 3.35. The molecule has 0 amide bonds. The zero-order chi connectivity index (χ0) is 12.3. The van der Waals surface area contributed by atoms with Gasteiger partial charge in [-0.1, -0.05) is 25.1 Å². The summed E-state index contributed by atoms with van der Waals surface area (Å²) in [6.45, 7) is 4.71. The molecule has 1 heterocycles. The van der Waals surface area contributed by atoms with E-state index in [4.69, 9.17) is 0 Å². The van der Waals surface area contributed by atoms with Gasteiger partial charge in [-0.15, -0.1) is 0 Å². The van der Waals surface area contributed by atoms with E-state index in [0.29, 0.717) is 0 Å². The molecule has 0 aliphatic carbocycles. The standard InChI is InChI=1S/C15H23N2/c1-4-10-17(2,3)11-9-13-12-16-15-8-6-5-7-14(13)15/h5-8,12,16H,4,9-11H2,1-3H3/q+1. The number of nitrogens with zero attached hydrogens (tertiary/aromatic N) is 1. The molecule has 1 N–H and O–H groups in total. The smallest absolute Gasteiger partial charge is 0.0824 e. The first-order valence-corrected chi connectivity index (χ1v) is 6.49. The fourth-order valence-electron chi connectivity index (χ4n) is 2.48. The van der Waals surface area contributed by atoms with Gasteiger partial charge in [0.25, 0.3) is 0 Å². The molecule has 2 rings (SSSR count). The summed E-state index contributed by atoms with van der Waals surface area (Å²) in [5.74, 6) is 0. The van der Waals surface area contributed by atoms with Crippen LogP contribution in [0.4, 0.5) is 0 Å². The van der Waals surface area contributed by atoms with Crippen LogP contribution in [0.15, 0.2) is 30.5 Å². The fraction of sp³-hybridized carbons (Fsp3) is 0.467. The third-order valence-corrected chi connectivity index (χ3v) is 3.49. The Balaban J connectivity index is 2.09. The van der Waals surface area contributed by atoms with E-state index in [1.165, 1.54) is 36.0 Å². The van der Waals surface area contributed by atoms with Gasteiger partial charge in [0.15, 0.2) is 0 Å². The largest absolute Gasteiger partial charge is 0.361 e. The zero-order valence-electron chi connectivity index (χ0n) is 11.2. The lowest BCUT2D eigenvalue weighted by molar-refractivity contribution is -0.890. The van der Waals surface area contributed by atoms with Crippen LogP contribution in [-0.2, 0) is 6.42 Å². The summed E-state index contributed by atoms with van der Waals surface area (Å²) in [7, 11) is 4.64. The van der Waals surface area contributed by atoms with E-state index in [9.17, 15) is 0 Å². The molecule has 0 fully saturated rings. The predicted molar refractivity (Wildman–Crippen MR) is 74.1 cm³/mol. The second-order valence-electron chi connectivity index (χ2n) is 5.49. The van der Waals surface area contributed by atoms with Crippen LogP contribution in [0.1, 0.15) is 18.9 Å². The monoisotopic (exact) mass is 231 g/mol. The predicted octanol–water partition coefficient (Wildman–Crippen LogP) is 3.20. The number of nitrogens with one attached hydrogen (secondary N) is 1. The maximum atomic E-state index is 3.35. The van der Waals surface area contributed by atoms with Crippen molar-refractivity contribution in [3.05, 3.63) is 36.0 Å². The summed E-state index contributed by atoms with van der Waals surface area (Å²) in [5.41, 5.74) is 2.70. The van der Waals surface area contributed by atoms with E-state index in [1.807, 2.05) is 0 Å². The Morgan fingerprint density at radius 3 is 2.65 bits per heavy atom. The SMILES string of the molecule is CCC[N+](C)(C)CCc1c[nH]c2ccccc12. The number of fused-ring (bicyclic) bond motifs is 1. The van der Waals surface area contributed by atoms with Crippen molar-refractivity contribution in [2.24, 2.45) is 0 Å². The maximum Gasteiger partial charge on any atom is 0.0824 e. The van der Waals surface area contributed by atoms with E-state index >= 15 is 0 Å². The third kappa shape index (κ3) is 2.89. The van der Waals surface area contributed by atoms with Gasteiger partial charge in [-0.2, -0.15) is 0 Å². The second-order valence-corrected chi connectivity index (χ2v) is 5.49. The number of aromatic nitrogens is 1. The quantitative estimate of drug-likeness (QED) is 0.761. The van der Waals surface area contributed by atoms with Crippen LogP contribution in [-0.4, -0.2) is 36.7 Å². The van der Waals surface area contributed by atoms with Gasteiger partial charge in [0, 0.05) is 23.5 Å². The molecule has 2 aromatic rings. The number of quaternary nitrogens is 1. The summed E-state index contributed by atoms with van der Waals surface area (Å²) >= 11 is 0. The van der Waals surface area contributed by atoms with Crippen LogP contribution in [0.3, 0.4) is 0 Å². The lowest BCUT2D eigenvalue weighted by atomic mass is 10.1. The summed E-state index contributed by atoms with van der Waals surface area (Å²) in [6.07, 6.45) is 4.56. The minimum absolute atomic E-state index is 1.11. The highest BCUT2D eigenvalue weighted by Gasteiger charge is 2.14. The molecule has 0 saturated heterocycles. The summed E-state index contributed by atoms with van der Waals surface area (Å²) in [5, 5.41) is 1.38. The van der Waals surface area contributed by atoms with Gasteiger partial charge < -0.3 is 9.47 Å². The summed E-state index contributed by atoms with van der Waals surface area (Å²) in [6, 6.07) is 8.55. The normalized spacial score (nSPS) is 12.2. The number of para-hydroxylation sites is 1. The molecule has 92 valence electrons. The van der Waals surface area contributed by atoms with E-state index < -0.39 is 0 Å². The maximum absolute atomic E-state index is 3.35. The van der Waals surface area contributed by atoms with Crippen molar-refractivity contribution in [3.63, 3.8) is 0 Å². The summed E-state index contributed by atoms with van der Waals surface area (Å²) < 4.78 is 1.11. The first-order valence-electron chi connectivity index (χ1n) is 6.49. The zero-order valence-corrected chi connectivity index (χ0v) is 11.2. The molecule has 0 saturated carbocycles. The fourth-order valence-corrected chi connectivity index (χ4v) is 2.48. The van der Waals surface area contributed by atoms with Crippen molar-refractivity contribution >= 4 is 10.9 Å². The van der Waals surface area contributed by atoms with Crippen LogP contribution < -0.4 is 0 Å². The van der Waals surface area contributed by atoms with Gasteiger partial charge >= 0.3 is 0 Å². The number of benzene rings is 1. The number of likely N-dealkylation sites (N-methyl/N-ethyl adjacent to an activating group) is 1. The van der Waals surface area contributed by atoms with Crippen LogP contribution in [0, 0.1) is 0 Å². The Morgan fingerprint density at radius 1 is 1.12 bits per heavy atom. The molecule has 0 spiro atoms. The molecular formula is C15H23N2+. The van der Waals surface area contributed by atoms with Crippen molar-refractivity contribution in [2.45, 2.75) is 19.8 Å². The Kier molecular flexibility index (Phi) is 3.53. The van der Waals surface area contributed by atoms with Crippen molar-refractivity contribution in [1.82, 2.24) is 4.98 Å². The highest BCUT2D eigenvalue weighted by Crippen LogP contribution is 2.18. The van der Waals surface area contributed by atoms with Gasteiger partial charge in [0.05, 0.1) is 27.2 Å². The highest BCUT2D eigenvalue weighted by atomic mass is 15.3. The van der Waals surface area contributed by atoms with Gasteiger partial charge in [-0.3, -0.25) is 0 Å². The molecule has 0 atom stereocenters. The third-order valence-electron chi connectivity index (χ3n) is 3.49. The van der Waals surface area contributed by atoms with Crippen molar-refractivity contribution in [1.29, 1.82) is 0 Å². The van der Waals surface area contributed by atoms with Crippen molar-refractivity contribution < 1.29 is 4.48 Å². The van der Waals surface area contributed by atoms with Gasteiger partial charge in [0.2, 0.25) is 0 Å². The number of aromatic amines is 1.